The zero-order valence-electron chi connectivity index (χ0n) is 6.17. The van der Waals surface area contributed by atoms with Crippen molar-refractivity contribution >= 4 is 27.2 Å². The van der Waals surface area contributed by atoms with Crippen molar-refractivity contribution in [2.45, 2.75) is 0 Å². The first kappa shape index (κ1) is 8.11. The van der Waals surface area contributed by atoms with Crippen molar-refractivity contribution in [1.29, 1.82) is 0 Å². The van der Waals surface area contributed by atoms with Gasteiger partial charge in [0, 0.05) is 0 Å². The van der Waals surface area contributed by atoms with Gasteiger partial charge in [-0.3, -0.25) is 19.6 Å². The molecule has 0 fully saturated rings. The molecule has 0 atom stereocenters. The highest BCUT2D eigenvalue weighted by atomic mass is 79.9. The molecule has 66 valence electrons. The van der Waals surface area contributed by atoms with E-state index >= 15 is 0 Å². The number of H-pyrrole nitrogens is 2. The Morgan fingerprint density at radius 2 is 1.77 bits per heavy atom. The molecule has 0 saturated carbocycles. The summed E-state index contributed by atoms with van der Waals surface area (Å²) in [6.45, 7) is 0. The van der Waals surface area contributed by atoms with Gasteiger partial charge in [0.05, 0.1) is 6.20 Å². The van der Waals surface area contributed by atoms with Crippen LogP contribution in [0.2, 0.25) is 0 Å². The van der Waals surface area contributed by atoms with E-state index < -0.39 is 11.1 Å². The van der Waals surface area contributed by atoms with Gasteiger partial charge >= 0.3 is 11.1 Å². The molecule has 0 spiro atoms. The minimum atomic E-state index is -0.736. The second-order valence-corrected chi connectivity index (χ2v) is 3.11. The van der Waals surface area contributed by atoms with Crippen LogP contribution < -0.4 is 11.1 Å². The number of hydrogen-bond donors (Lipinski definition) is 2. The molecule has 7 heteroatoms. The maximum Gasteiger partial charge on any atom is 0.315 e. The summed E-state index contributed by atoms with van der Waals surface area (Å²) < 4.78 is 0.489. The minimum absolute atomic E-state index is 0.249. The Morgan fingerprint density at radius 3 is 2.46 bits per heavy atom. The van der Waals surface area contributed by atoms with Crippen molar-refractivity contribution in [2.24, 2.45) is 0 Å². The zero-order chi connectivity index (χ0) is 9.42. The molecular formula is C6H3BrN4O2. The third-order valence-electron chi connectivity index (χ3n) is 1.41. The van der Waals surface area contributed by atoms with Gasteiger partial charge in [-0.1, -0.05) is 0 Å². The van der Waals surface area contributed by atoms with Crippen LogP contribution in [0.3, 0.4) is 0 Å². The first-order valence-corrected chi connectivity index (χ1v) is 4.11. The number of hydrogen-bond acceptors (Lipinski definition) is 4. The lowest BCUT2D eigenvalue weighted by atomic mass is 10.6. The molecule has 2 aromatic rings. The summed E-state index contributed by atoms with van der Waals surface area (Å²) in [4.78, 5) is 34.0. The molecule has 0 radical (unpaired) electrons. The average Bonchev–Trinajstić information content (AvgIpc) is 2.08. The molecule has 0 bridgehead atoms. The second kappa shape index (κ2) is 2.77. The van der Waals surface area contributed by atoms with Crippen LogP contribution in [-0.4, -0.2) is 19.9 Å². The summed E-state index contributed by atoms with van der Waals surface area (Å²) >= 11 is 3.09. The third-order valence-corrected chi connectivity index (χ3v) is 1.80. The van der Waals surface area contributed by atoms with Crippen LogP contribution in [0.25, 0.3) is 11.3 Å². The van der Waals surface area contributed by atoms with Crippen molar-refractivity contribution in [3.63, 3.8) is 0 Å². The summed E-state index contributed by atoms with van der Waals surface area (Å²) in [5, 5.41) is 0. The highest BCUT2D eigenvalue weighted by Crippen LogP contribution is 2.05. The molecule has 2 N–H and O–H groups in total. The fourth-order valence-corrected chi connectivity index (χ4v) is 1.15. The van der Waals surface area contributed by atoms with Crippen molar-refractivity contribution in [3.8, 4) is 0 Å². The molecule has 0 aliphatic carbocycles. The van der Waals surface area contributed by atoms with Crippen LogP contribution in [0.5, 0.6) is 0 Å². The summed E-state index contributed by atoms with van der Waals surface area (Å²) in [5.74, 6) is 0. The van der Waals surface area contributed by atoms with Crippen molar-refractivity contribution < 1.29 is 0 Å². The van der Waals surface area contributed by atoms with E-state index in [2.05, 4.69) is 35.9 Å². The van der Waals surface area contributed by atoms with Gasteiger partial charge in [-0.15, -0.1) is 0 Å². The second-order valence-electron chi connectivity index (χ2n) is 2.30. The van der Waals surface area contributed by atoms with E-state index in [1.54, 1.807) is 0 Å². The molecule has 0 aliphatic rings. The van der Waals surface area contributed by atoms with Crippen LogP contribution in [0, 0.1) is 0 Å². The van der Waals surface area contributed by atoms with Crippen LogP contribution in [0.15, 0.2) is 20.4 Å². The van der Waals surface area contributed by atoms with Crippen LogP contribution in [-0.2, 0) is 0 Å². The Kier molecular flexibility index (Phi) is 1.73. The lowest BCUT2D eigenvalue weighted by Gasteiger charge is -1.94. The van der Waals surface area contributed by atoms with Crippen molar-refractivity contribution in [2.75, 3.05) is 0 Å². The Labute approximate surface area is 79.2 Å². The van der Waals surface area contributed by atoms with E-state index in [1.165, 1.54) is 6.20 Å². The number of nitrogens with one attached hydrogen (secondary N) is 2. The number of aromatic nitrogens is 4. The first-order chi connectivity index (χ1) is 6.16. The van der Waals surface area contributed by atoms with Gasteiger partial charge in [-0.2, -0.15) is 0 Å². The van der Waals surface area contributed by atoms with Gasteiger partial charge in [0.2, 0.25) is 0 Å². The lowest BCUT2D eigenvalue weighted by molar-refractivity contribution is 1.07. The molecule has 13 heavy (non-hydrogen) atoms. The molecule has 2 aromatic heterocycles. The normalized spacial score (nSPS) is 10.5. The summed E-state index contributed by atoms with van der Waals surface area (Å²) in [6, 6.07) is 0. The van der Waals surface area contributed by atoms with Crippen molar-refractivity contribution in [1.82, 2.24) is 19.9 Å². The van der Waals surface area contributed by atoms with E-state index in [4.69, 9.17) is 0 Å². The van der Waals surface area contributed by atoms with E-state index in [1.807, 2.05) is 0 Å². The number of halogens is 1. The maximum absolute atomic E-state index is 10.9. The Hall–Kier alpha value is -1.50. The first-order valence-electron chi connectivity index (χ1n) is 3.31. The van der Waals surface area contributed by atoms with E-state index in [0.29, 0.717) is 4.60 Å². The third kappa shape index (κ3) is 1.37. The topological polar surface area (TPSA) is 91.5 Å². The summed E-state index contributed by atoms with van der Waals surface area (Å²) in [6.07, 6.45) is 1.43. The van der Waals surface area contributed by atoms with E-state index in [9.17, 15) is 9.59 Å². The van der Waals surface area contributed by atoms with Gasteiger partial charge in [-0.25, -0.2) is 9.97 Å². The number of fused-ring (bicyclic) bond motifs is 1. The van der Waals surface area contributed by atoms with Crippen molar-refractivity contribution in [3.05, 3.63) is 31.5 Å². The largest absolute Gasteiger partial charge is 0.315 e. The summed E-state index contributed by atoms with van der Waals surface area (Å²) in [7, 11) is 0. The van der Waals surface area contributed by atoms with Gasteiger partial charge in [0.1, 0.15) is 4.60 Å². The molecule has 0 aliphatic heterocycles. The van der Waals surface area contributed by atoms with Gasteiger partial charge in [0.25, 0.3) is 0 Å². The smallest absolute Gasteiger partial charge is 0.299 e. The van der Waals surface area contributed by atoms with Crippen LogP contribution >= 0.6 is 15.9 Å². The molecule has 0 amide bonds. The average molecular weight is 243 g/mol. The van der Waals surface area contributed by atoms with E-state index in [-0.39, 0.29) is 11.3 Å². The monoisotopic (exact) mass is 242 g/mol. The molecule has 2 rings (SSSR count). The standard InChI is InChI=1S/C6H3BrN4O2/c7-2-1-8-3-4(9-2)11-6(13)5(12)10-3/h1H,(H,8,10,12)(H,9,11,13). The highest BCUT2D eigenvalue weighted by molar-refractivity contribution is 9.10. The Morgan fingerprint density at radius 1 is 1.15 bits per heavy atom. The molecule has 6 nitrogen and oxygen atoms in total. The zero-order valence-corrected chi connectivity index (χ0v) is 7.75. The van der Waals surface area contributed by atoms with Gasteiger partial charge < -0.3 is 0 Å². The van der Waals surface area contributed by atoms with Gasteiger partial charge in [-0.05, 0) is 15.9 Å². The number of nitrogens with zero attached hydrogens (tertiary/aromatic N) is 2. The Balaban J connectivity index is 2.97. The predicted octanol–water partition coefficient (Wildman–Crippen LogP) is -0.231. The predicted molar refractivity (Wildman–Crippen MR) is 48.5 cm³/mol. The SMILES string of the molecule is O=c1[nH]c2ncc(Br)nc2[nH]c1=O. The lowest BCUT2D eigenvalue weighted by Crippen LogP contribution is -2.29. The molecular weight excluding hydrogens is 240 g/mol. The molecule has 0 unspecified atom stereocenters. The fraction of sp³-hybridized carbons (Fsp3) is 0. The van der Waals surface area contributed by atoms with Crippen LogP contribution in [0.4, 0.5) is 0 Å². The molecule has 2 heterocycles. The maximum atomic E-state index is 10.9. The van der Waals surface area contributed by atoms with Gasteiger partial charge in [0.15, 0.2) is 11.3 Å². The fourth-order valence-electron chi connectivity index (χ4n) is 0.875. The summed E-state index contributed by atoms with van der Waals surface area (Å²) in [5.41, 5.74) is -0.962. The van der Waals surface area contributed by atoms with E-state index in [0.717, 1.165) is 0 Å². The molecule has 0 aromatic carbocycles. The quantitative estimate of drug-likeness (QED) is 0.625. The molecule has 0 saturated heterocycles. The highest BCUT2D eigenvalue weighted by Gasteiger charge is 2.01. The number of rotatable bonds is 0. The minimum Gasteiger partial charge on any atom is -0.299 e. The Bertz CT molecular complexity index is 573. The number of aromatic amines is 2. The van der Waals surface area contributed by atoms with Crippen LogP contribution in [0.1, 0.15) is 0 Å².